The first-order valence-electron chi connectivity index (χ1n) is 9.44. The van der Waals surface area contributed by atoms with Crippen LogP contribution in [0.25, 0.3) is 10.9 Å². The summed E-state index contributed by atoms with van der Waals surface area (Å²) in [5.74, 6) is 0.0410. The van der Waals surface area contributed by atoms with E-state index in [9.17, 15) is 4.79 Å². The Hall–Kier alpha value is -2.90. The lowest BCUT2D eigenvalue weighted by molar-refractivity contribution is -0.00461. The maximum absolute atomic E-state index is 12.2. The van der Waals surface area contributed by atoms with E-state index >= 15 is 0 Å². The number of furan rings is 1. The van der Waals surface area contributed by atoms with E-state index in [0.717, 1.165) is 29.7 Å². The predicted molar refractivity (Wildman–Crippen MR) is 103 cm³/mol. The first kappa shape index (κ1) is 17.2. The number of benzene rings is 1. The standard InChI is InChI=1S/C21H21N3O4/c25-21(18-6-3-9-26-18)23-14-12-27-19-10-24(11-20(19)28-13-14)17-7-8-22-16-5-2-1-4-15(16)17/h1-9,14,19-20H,10-13H2,(H,23,25)/t19-,20-/m0/s1. The summed E-state index contributed by atoms with van der Waals surface area (Å²) in [5, 5.41) is 4.04. The van der Waals surface area contributed by atoms with Crippen molar-refractivity contribution in [2.75, 3.05) is 31.2 Å². The molecule has 1 aromatic carbocycles. The second-order valence-electron chi connectivity index (χ2n) is 7.14. The van der Waals surface area contributed by atoms with E-state index in [-0.39, 0.29) is 24.2 Å². The molecule has 28 heavy (non-hydrogen) atoms. The van der Waals surface area contributed by atoms with E-state index in [1.54, 1.807) is 12.1 Å². The van der Waals surface area contributed by atoms with Crippen molar-refractivity contribution in [1.82, 2.24) is 10.3 Å². The van der Waals surface area contributed by atoms with Crippen LogP contribution in [-0.2, 0) is 9.47 Å². The summed E-state index contributed by atoms with van der Waals surface area (Å²) in [7, 11) is 0. The SMILES string of the molecule is O=C(NC1CO[C@H]2CN(c3ccnc4ccccc34)C[C@@H]2OC1)c1ccco1. The van der Waals surface area contributed by atoms with E-state index in [2.05, 4.69) is 21.3 Å². The van der Waals surface area contributed by atoms with Crippen LogP contribution in [0.3, 0.4) is 0 Å². The van der Waals surface area contributed by atoms with Crippen molar-refractivity contribution in [1.29, 1.82) is 0 Å². The summed E-state index contributed by atoms with van der Waals surface area (Å²) >= 11 is 0. The number of amides is 1. The first-order chi connectivity index (χ1) is 13.8. The van der Waals surface area contributed by atoms with Crippen molar-refractivity contribution in [3.05, 3.63) is 60.7 Å². The fraction of sp³-hybridized carbons (Fsp3) is 0.333. The molecule has 144 valence electrons. The summed E-state index contributed by atoms with van der Waals surface area (Å²) < 4.78 is 17.3. The van der Waals surface area contributed by atoms with Crippen LogP contribution in [0.15, 0.2) is 59.3 Å². The molecule has 0 unspecified atom stereocenters. The number of hydrogen-bond donors (Lipinski definition) is 1. The maximum Gasteiger partial charge on any atom is 0.287 e. The highest BCUT2D eigenvalue weighted by atomic mass is 16.6. The number of nitrogens with one attached hydrogen (secondary N) is 1. The Morgan fingerprint density at radius 3 is 2.57 bits per heavy atom. The van der Waals surface area contributed by atoms with Gasteiger partial charge in [-0.3, -0.25) is 9.78 Å². The van der Waals surface area contributed by atoms with Crippen LogP contribution in [-0.4, -0.2) is 55.4 Å². The molecule has 2 aliphatic heterocycles. The molecule has 2 aromatic heterocycles. The van der Waals surface area contributed by atoms with Crippen molar-refractivity contribution < 1.29 is 18.7 Å². The minimum atomic E-state index is -0.251. The third-order valence-corrected chi connectivity index (χ3v) is 5.29. The Morgan fingerprint density at radius 2 is 1.82 bits per heavy atom. The zero-order valence-electron chi connectivity index (χ0n) is 15.3. The Bertz CT molecular complexity index is 953. The lowest BCUT2D eigenvalue weighted by atomic mass is 10.2. The molecule has 0 bridgehead atoms. The fourth-order valence-corrected chi connectivity index (χ4v) is 3.89. The summed E-state index contributed by atoms with van der Waals surface area (Å²) in [4.78, 5) is 18.9. The van der Waals surface area contributed by atoms with Gasteiger partial charge in [0, 0.05) is 30.4 Å². The van der Waals surface area contributed by atoms with Crippen molar-refractivity contribution in [2.45, 2.75) is 18.2 Å². The van der Waals surface area contributed by atoms with E-state index in [1.807, 2.05) is 30.5 Å². The van der Waals surface area contributed by atoms with Crippen molar-refractivity contribution in [3.63, 3.8) is 0 Å². The minimum absolute atomic E-state index is 0.0301. The van der Waals surface area contributed by atoms with Crippen molar-refractivity contribution in [3.8, 4) is 0 Å². The van der Waals surface area contributed by atoms with Crippen LogP contribution >= 0.6 is 0 Å². The molecule has 1 amide bonds. The number of ether oxygens (including phenoxy) is 2. The van der Waals surface area contributed by atoms with Gasteiger partial charge in [-0.15, -0.1) is 0 Å². The summed E-state index contributed by atoms with van der Waals surface area (Å²) in [5.41, 5.74) is 2.13. The molecule has 2 fully saturated rings. The largest absolute Gasteiger partial charge is 0.459 e. The molecular weight excluding hydrogens is 358 g/mol. The van der Waals surface area contributed by atoms with Crippen LogP contribution in [0.1, 0.15) is 10.6 Å². The zero-order chi connectivity index (χ0) is 18.9. The number of carbonyl (C=O) groups excluding carboxylic acids is 1. The van der Waals surface area contributed by atoms with Gasteiger partial charge >= 0.3 is 0 Å². The van der Waals surface area contributed by atoms with E-state index in [4.69, 9.17) is 13.9 Å². The molecule has 4 heterocycles. The second-order valence-corrected chi connectivity index (χ2v) is 7.14. The van der Waals surface area contributed by atoms with Gasteiger partial charge in [-0.25, -0.2) is 0 Å². The minimum Gasteiger partial charge on any atom is -0.459 e. The van der Waals surface area contributed by atoms with Crippen LogP contribution in [0.5, 0.6) is 0 Å². The summed E-state index contributed by atoms with van der Waals surface area (Å²) in [6.45, 7) is 2.33. The van der Waals surface area contributed by atoms with Gasteiger partial charge in [0.05, 0.1) is 31.0 Å². The predicted octanol–water partition coefficient (Wildman–Crippen LogP) is 2.23. The monoisotopic (exact) mass is 379 g/mol. The molecule has 0 saturated carbocycles. The lowest BCUT2D eigenvalue weighted by Crippen LogP contribution is -2.41. The maximum atomic E-state index is 12.2. The number of pyridine rings is 1. The molecule has 0 spiro atoms. The fourth-order valence-electron chi connectivity index (χ4n) is 3.89. The number of carbonyl (C=O) groups is 1. The normalized spacial score (nSPS) is 22.8. The van der Waals surface area contributed by atoms with E-state index in [1.165, 1.54) is 6.26 Å². The van der Waals surface area contributed by atoms with Gasteiger partial charge in [0.2, 0.25) is 0 Å². The molecule has 2 saturated heterocycles. The van der Waals surface area contributed by atoms with Crippen molar-refractivity contribution >= 4 is 22.5 Å². The Labute approximate surface area is 162 Å². The third-order valence-electron chi connectivity index (χ3n) is 5.29. The van der Waals surface area contributed by atoms with Gasteiger partial charge in [-0.2, -0.15) is 0 Å². The number of anilines is 1. The number of aromatic nitrogens is 1. The van der Waals surface area contributed by atoms with Gasteiger partial charge in [0.15, 0.2) is 5.76 Å². The van der Waals surface area contributed by atoms with Gasteiger partial charge in [-0.05, 0) is 24.3 Å². The Kier molecular flexibility index (Phi) is 4.46. The highest BCUT2D eigenvalue weighted by Gasteiger charge is 2.38. The van der Waals surface area contributed by atoms with E-state index < -0.39 is 0 Å². The number of rotatable bonds is 3. The smallest absolute Gasteiger partial charge is 0.287 e. The quantitative estimate of drug-likeness (QED) is 0.752. The van der Waals surface area contributed by atoms with Crippen LogP contribution < -0.4 is 10.2 Å². The molecule has 0 aliphatic carbocycles. The van der Waals surface area contributed by atoms with Crippen LogP contribution in [0.4, 0.5) is 5.69 Å². The molecule has 0 radical (unpaired) electrons. The van der Waals surface area contributed by atoms with Gasteiger partial charge in [0.1, 0.15) is 12.2 Å². The Balaban J connectivity index is 1.25. The summed E-state index contributed by atoms with van der Waals surface area (Å²) in [6, 6.07) is 13.3. The lowest BCUT2D eigenvalue weighted by Gasteiger charge is -2.21. The third kappa shape index (κ3) is 3.23. The molecule has 2 aliphatic rings. The average Bonchev–Trinajstić information content (AvgIpc) is 3.36. The zero-order valence-corrected chi connectivity index (χ0v) is 15.3. The molecule has 7 heteroatoms. The number of hydrogen-bond acceptors (Lipinski definition) is 6. The molecule has 5 rings (SSSR count). The highest BCUT2D eigenvalue weighted by Crippen LogP contribution is 2.30. The molecular formula is C21H21N3O4. The van der Waals surface area contributed by atoms with Gasteiger partial charge in [0.25, 0.3) is 5.91 Å². The highest BCUT2D eigenvalue weighted by molar-refractivity contribution is 5.92. The number of fused-ring (bicyclic) bond motifs is 2. The molecule has 2 atom stereocenters. The number of nitrogens with zero attached hydrogens (tertiary/aromatic N) is 2. The van der Waals surface area contributed by atoms with Crippen LogP contribution in [0.2, 0.25) is 0 Å². The number of para-hydroxylation sites is 1. The van der Waals surface area contributed by atoms with Crippen molar-refractivity contribution in [2.24, 2.45) is 0 Å². The van der Waals surface area contributed by atoms with E-state index in [0.29, 0.717) is 19.0 Å². The molecule has 7 nitrogen and oxygen atoms in total. The first-order valence-corrected chi connectivity index (χ1v) is 9.44. The molecule has 1 N–H and O–H groups in total. The second kappa shape index (κ2) is 7.26. The summed E-state index contributed by atoms with van der Waals surface area (Å²) in [6.07, 6.45) is 3.26. The molecule has 3 aromatic rings. The Morgan fingerprint density at radius 1 is 1.04 bits per heavy atom. The van der Waals surface area contributed by atoms with Crippen LogP contribution in [0, 0.1) is 0 Å². The van der Waals surface area contributed by atoms with Gasteiger partial charge in [-0.1, -0.05) is 18.2 Å². The van der Waals surface area contributed by atoms with Gasteiger partial charge < -0.3 is 24.1 Å². The topological polar surface area (TPSA) is 76.8 Å². The average molecular weight is 379 g/mol.